The molecule has 0 fully saturated rings. The Bertz CT molecular complexity index is 298. The molecule has 2 N–H and O–H groups in total. The summed E-state index contributed by atoms with van der Waals surface area (Å²) in [6.07, 6.45) is -3.59. The van der Waals surface area contributed by atoms with Crippen LogP contribution in [-0.4, -0.2) is 9.97 Å². The van der Waals surface area contributed by atoms with Gasteiger partial charge in [-0.2, -0.15) is 13.2 Å². The second kappa shape index (κ2) is 3.20. The number of hydrogen-bond acceptors (Lipinski definition) is 3. The van der Waals surface area contributed by atoms with E-state index >= 15 is 0 Å². The highest BCUT2D eigenvalue weighted by Crippen LogP contribution is 2.28. The number of alkyl halides is 3. The zero-order chi connectivity index (χ0) is 11.0. The van der Waals surface area contributed by atoms with Crippen LogP contribution >= 0.6 is 0 Å². The van der Waals surface area contributed by atoms with Crippen LogP contribution in [0.1, 0.15) is 25.2 Å². The van der Waals surface area contributed by atoms with Crippen molar-refractivity contribution in [3.05, 3.63) is 23.8 Å². The summed E-state index contributed by atoms with van der Waals surface area (Å²) >= 11 is 0. The van der Waals surface area contributed by atoms with Gasteiger partial charge >= 0.3 is 6.18 Å². The largest absolute Gasteiger partial charge is 0.433 e. The van der Waals surface area contributed by atoms with Gasteiger partial charge in [0, 0.05) is 0 Å². The first kappa shape index (κ1) is 10.9. The Morgan fingerprint density at radius 2 is 1.64 bits per heavy atom. The van der Waals surface area contributed by atoms with E-state index in [1.165, 1.54) is 0 Å². The van der Waals surface area contributed by atoms with Gasteiger partial charge in [0.2, 0.25) is 0 Å². The van der Waals surface area contributed by atoms with Gasteiger partial charge in [-0.05, 0) is 19.9 Å². The molecule has 0 spiro atoms. The molecule has 0 aliphatic rings. The molecule has 0 unspecified atom stereocenters. The third kappa shape index (κ3) is 2.41. The molecular formula is C8H10F3N3. The molecule has 6 heteroatoms. The summed E-state index contributed by atoms with van der Waals surface area (Å²) in [5, 5.41) is 0. The van der Waals surface area contributed by atoms with Crippen LogP contribution in [0.25, 0.3) is 0 Å². The Balaban J connectivity index is 3.15. The van der Waals surface area contributed by atoms with Crippen molar-refractivity contribution in [2.45, 2.75) is 25.6 Å². The van der Waals surface area contributed by atoms with Crippen molar-refractivity contribution in [1.29, 1.82) is 0 Å². The van der Waals surface area contributed by atoms with Crippen molar-refractivity contribution in [2.24, 2.45) is 5.73 Å². The van der Waals surface area contributed by atoms with E-state index in [0.29, 0.717) is 0 Å². The van der Waals surface area contributed by atoms with Crippen LogP contribution in [0.2, 0.25) is 0 Å². The van der Waals surface area contributed by atoms with E-state index in [-0.39, 0.29) is 5.69 Å². The van der Waals surface area contributed by atoms with Crippen LogP contribution in [0.5, 0.6) is 0 Å². The molecule has 0 atom stereocenters. The molecule has 1 heterocycles. The van der Waals surface area contributed by atoms with Crippen LogP contribution in [0.3, 0.4) is 0 Å². The average Bonchev–Trinajstić information content (AvgIpc) is 2.01. The number of aromatic nitrogens is 2. The van der Waals surface area contributed by atoms with E-state index < -0.39 is 17.4 Å². The lowest BCUT2D eigenvalue weighted by atomic mass is 10.0. The maximum absolute atomic E-state index is 12.2. The van der Waals surface area contributed by atoms with Crippen molar-refractivity contribution in [3.63, 3.8) is 0 Å². The molecule has 0 saturated heterocycles. The minimum absolute atomic E-state index is 0.167. The quantitative estimate of drug-likeness (QED) is 0.759. The van der Waals surface area contributed by atoms with Gasteiger partial charge in [0.05, 0.1) is 11.2 Å². The van der Waals surface area contributed by atoms with Gasteiger partial charge in [0.25, 0.3) is 0 Å². The fourth-order valence-corrected chi connectivity index (χ4v) is 0.865. The molecule has 1 aromatic rings. The fraction of sp³-hybridized carbons (Fsp3) is 0.500. The highest BCUT2D eigenvalue weighted by atomic mass is 19.4. The third-order valence-corrected chi connectivity index (χ3v) is 1.62. The van der Waals surface area contributed by atoms with Gasteiger partial charge in [-0.25, -0.2) is 9.97 Å². The van der Waals surface area contributed by atoms with Gasteiger partial charge in [0.1, 0.15) is 12.0 Å². The lowest BCUT2D eigenvalue weighted by Gasteiger charge is -2.18. The maximum Gasteiger partial charge on any atom is 0.433 e. The van der Waals surface area contributed by atoms with E-state index in [0.717, 1.165) is 12.4 Å². The molecule has 0 saturated carbocycles. The minimum atomic E-state index is -4.46. The Morgan fingerprint density at radius 1 is 1.14 bits per heavy atom. The molecule has 78 valence electrons. The Morgan fingerprint density at radius 3 is 2.07 bits per heavy atom. The topological polar surface area (TPSA) is 51.8 Å². The van der Waals surface area contributed by atoms with Crippen molar-refractivity contribution < 1.29 is 13.2 Å². The summed E-state index contributed by atoms with van der Waals surface area (Å²) in [6, 6.07) is 0.861. The normalized spacial score (nSPS) is 13.0. The smallest absolute Gasteiger partial charge is 0.321 e. The predicted octanol–water partition coefficient (Wildman–Crippen LogP) is 1.69. The summed E-state index contributed by atoms with van der Waals surface area (Å²) in [5.41, 5.74) is 3.91. The Kier molecular flexibility index (Phi) is 2.49. The van der Waals surface area contributed by atoms with Gasteiger partial charge in [0.15, 0.2) is 0 Å². The molecular weight excluding hydrogens is 195 g/mol. The Labute approximate surface area is 79.2 Å². The molecule has 0 aliphatic heterocycles. The lowest BCUT2D eigenvalue weighted by Crippen LogP contribution is -2.30. The van der Waals surface area contributed by atoms with E-state index in [9.17, 15) is 13.2 Å². The summed E-state index contributed by atoms with van der Waals surface area (Å²) in [5.74, 6) is 0. The molecule has 1 rings (SSSR count). The number of nitrogens with two attached hydrogens (primary N) is 1. The minimum Gasteiger partial charge on any atom is -0.321 e. The van der Waals surface area contributed by atoms with Crippen molar-refractivity contribution >= 4 is 0 Å². The Hall–Kier alpha value is -1.17. The first-order chi connectivity index (χ1) is 6.21. The van der Waals surface area contributed by atoms with Gasteiger partial charge in [-0.15, -0.1) is 0 Å². The van der Waals surface area contributed by atoms with Crippen LogP contribution in [0.15, 0.2) is 12.4 Å². The van der Waals surface area contributed by atoms with Gasteiger partial charge < -0.3 is 5.73 Å². The molecule has 0 aromatic carbocycles. The highest BCUT2D eigenvalue weighted by Gasteiger charge is 2.33. The summed E-state index contributed by atoms with van der Waals surface area (Å²) in [6.45, 7) is 3.16. The van der Waals surface area contributed by atoms with Crippen LogP contribution < -0.4 is 5.73 Å². The van der Waals surface area contributed by atoms with E-state index in [4.69, 9.17) is 5.73 Å². The van der Waals surface area contributed by atoms with Crippen LogP contribution in [-0.2, 0) is 11.7 Å². The fourth-order valence-electron chi connectivity index (χ4n) is 0.865. The van der Waals surface area contributed by atoms with Crippen molar-refractivity contribution in [2.75, 3.05) is 0 Å². The lowest BCUT2D eigenvalue weighted by molar-refractivity contribution is -0.141. The van der Waals surface area contributed by atoms with E-state index in [2.05, 4.69) is 9.97 Å². The van der Waals surface area contributed by atoms with E-state index in [1.54, 1.807) is 13.8 Å². The summed E-state index contributed by atoms with van der Waals surface area (Å²) in [4.78, 5) is 6.82. The number of halogens is 3. The second-order valence-electron chi connectivity index (χ2n) is 3.51. The van der Waals surface area contributed by atoms with Crippen LogP contribution in [0, 0.1) is 0 Å². The highest BCUT2D eigenvalue weighted by molar-refractivity contribution is 5.17. The summed E-state index contributed by atoms with van der Waals surface area (Å²) in [7, 11) is 0. The molecule has 0 radical (unpaired) electrons. The van der Waals surface area contributed by atoms with Gasteiger partial charge in [-0.3, -0.25) is 0 Å². The van der Waals surface area contributed by atoms with Crippen molar-refractivity contribution in [3.8, 4) is 0 Å². The second-order valence-corrected chi connectivity index (χ2v) is 3.51. The zero-order valence-corrected chi connectivity index (χ0v) is 7.76. The number of hydrogen-bond donors (Lipinski definition) is 1. The van der Waals surface area contributed by atoms with Gasteiger partial charge in [-0.1, -0.05) is 0 Å². The molecule has 0 bridgehead atoms. The standard InChI is InChI=1S/C8H10F3N3/c1-7(2,12)5-3-6(8(9,10)11)14-4-13-5/h3-4H,12H2,1-2H3. The van der Waals surface area contributed by atoms with Crippen molar-refractivity contribution in [1.82, 2.24) is 9.97 Å². The molecule has 1 aromatic heterocycles. The molecule has 0 amide bonds. The summed E-state index contributed by atoms with van der Waals surface area (Å²) < 4.78 is 36.7. The predicted molar refractivity (Wildman–Crippen MR) is 44.2 cm³/mol. The molecule has 0 aliphatic carbocycles. The first-order valence-corrected chi connectivity index (χ1v) is 3.90. The third-order valence-electron chi connectivity index (χ3n) is 1.62. The first-order valence-electron chi connectivity index (χ1n) is 3.90. The SMILES string of the molecule is CC(C)(N)c1cc(C(F)(F)F)ncn1. The zero-order valence-electron chi connectivity index (χ0n) is 7.76. The number of nitrogens with zero attached hydrogens (tertiary/aromatic N) is 2. The maximum atomic E-state index is 12.2. The average molecular weight is 205 g/mol. The van der Waals surface area contributed by atoms with Crippen LogP contribution in [0.4, 0.5) is 13.2 Å². The van der Waals surface area contributed by atoms with E-state index in [1.807, 2.05) is 0 Å². The monoisotopic (exact) mass is 205 g/mol. The number of rotatable bonds is 1. The molecule has 3 nitrogen and oxygen atoms in total. The molecule has 14 heavy (non-hydrogen) atoms.